The highest BCUT2D eigenvalue weighted by Crippen LogP contribution is 2.13. The van der Waals surface area contributed by atoms with Gasteiger partial charge in [-0.1, -0.05) is 19.1 Å². The minimum Gasteiger partial charge on any atom is -0.382 e. The fraction of sp³-hybridized carbons (Fsp3) is 0.500. The molecule has 0 amide bonds. The summed E-state index contributed by atoms with van der Waals surface area (Å²) in [7, 11) is 0. The zero-order valence-electron chi connectivity index (χ0n) is 6.59. The first-order chi connectivity index (χ1) is 4.27. The molecule has 0 aromatic carbocycles. The van der Waals surface area contributed by atoms with Gasteiger partial charge in [0.15, 0.2) is 0 Å². The largest absolute Gasteiger partial charge is 0.382 e. The molecule has 1 unspecified atom stereocenters. The van der Waals surface area contributed by atoms with Gasteiger partial charge >= 0.3 is 0 Å². The van der Waals surface area contributed by atoms with E-state index in [4.69, 9.17) is 0 Å². The Morgan fingerprint density at radius 3 is 2.40 bits per heavy atom. The van der Waals surface area contributed by atoms with Crippen LogP contribution in [0, 0.1) is 0 Å². The minimum atomic E-state index is 0. The van der Waals surface area contributed by atoms with Crippen LogP contribution in [-0.4, -0.2) is 14.0 Å². The minimum absolute atomic E-state index is 0. The third-order valence-corrected chi connectivity index (χ3v) is 1.82. The maximum atomic E-state index is 3.28. The van der Waals surface area contributed by atoms with Gasteiger partial charge in [-0.25, -0.2) is 0 Å². The van der Waals surface area contributed by atoms with Gasteiger partial charge < -0.3 is 5.32 Å². The zero-order valence-corrected chi connectivity index (χ0v) is 6.59. The summed E-state index contributed by atoms with van der Waals surface area (Å²) < 4.78 is 0. The Labute approximate surface area is 64.8 Å². The fourth-order valence-corrected chi connectivity index (χ4v) is 0.830. The van der Waals surface area contributed by atoms with Crippen LogP contribution >= 0.6 is 0 Å². The van der Waals surface area contributed by atoms with E-state index in [2.05, 4.69) is 31.3 Å². The lowest BCUT2D eigenvalue weighted by atomic mass is 9.97. The number of nitrogens with one attached hydrogen (secondary N) is 1. The molecule has 0 bridgehead atoms. The van der Waals surface area contributed by atoms with Gasteiger partial charge in [-0.05, 0) is 25.6 Å². The molecule has 0 aromatic heterocycles. The summed E-state index contributed by atoms with van der Waals surface area (Å²) in [5.74, 6) is 0. The second-order valence-electron chi connectivity index (χ2n) is 2.63. The molecule has 0 aromatic rings. The molecule has 0 saturated carbocycles. The van der Waals surface area contributed by atoms with E-state index in [1.807, 2.05) is 12.3 Å². The molecule has 0 saturated heterocycles. The molecular weight excluding hydrogens is 121 g/mol. The molecule has 3 radical (unpaired) electrons. The molecule has 1 nitrogen and oxygen atoms in total. The van der Waals surface area contributed by atoms with Gasteiger partial charge in [-0.15, -0.1) is 0 Å². The first kappa shape index (κ1) is 9.34. The van der Waals surface area contributed by atoms with E-state index in [0.717, 1.165) is 6.42 Å². The molecular formula is C8H13BN. The van der Waals surface area contributed by atoms with Crippen molar-refractivity contribution in [2.24, 2.45) is 0 Å². The van der Waals surface area contributed by atoms with Crippen molar-refractivity contribution in [1.29, 1.82) is 0 Å². The number of allylic oxidation sites excluding steroid dienone is 2. The van der Waals surface area contributed by atoms with Gasteiger partial charge in [0.25, 0.3) is 0 Å². The van der Waals surface area contributed by atoms with Crippen molar-refractivity contribution in [2.45, 2.75) is 25.8 Å². The second kappa shape index (κ2) is 3.50. The molecule has 10 heavy (non-hydrogen) atoms. The van der Waals surface area contributed by atoms with Crippen LogP contribution in [0.5, 0.6) is 0 Å². The van der Waals surface area contributed by atoms with E-state index >= 15 is 0 Å². The lowest BCUT2D eigenvalue weighted by Gasteiger charge is -2.26. The van der Waals surface area contributed by atoms with Crippen LogP contribution in [-0.2, 0) is 0 Å². The maximum Gasteiger partial charge on any atom is 0.0523 e. The summed E-state index contributed by atoms with van der Waals surface area (Å²) >= 11 is 0. The Morgan fingerprint density at radius 1 is 1.40 bits per heavy atom. The van der Waals surface area contributed by atoms with Crippen molar-refractivity contribution in [1.82, 2.24) is 5.32 Å². The standard InChI is InChI=1S/C8H13N.B/c1-3-8(2)6-4-5-7-9-8;/h4-7,9H,3H2,1-2H3;. The Balaban J connectivity index is 0.000000810. The molecule has 1 rings (SSSR count). The molecule has 2 heteroatoms. The lowest BCUT2D eigenvalue weighted by Crippen LogP contribution is -2.36. The molecule has 1 atom stereocenters. The average Bonchev–Trinajstić information content (AvgIpc) is 1.90. The van der Waals surface area contributed by atoms with E-state index in [-0.39, 0.29) is 14.0 Å². The quantitative estimate of drug-likeness (QED) is 0.535. The smallest absolute Gasteiger partial charge is 0.0523 e. The third kappa shape index (κ3) is 1.94. The monoisotopic (exact) mass is 134 g/mol. The lowest BCUT2D eigenvalue weighted by molar-refractivity contribution is 0.479. The van der Waals surface area contributed by atoms with Crippen LogP contribution in [0.2, 0.25) is 0 Å². The van der Waals surface area contributed by atoms with Crippen LogP contribution in [0.15, 0.2) is 24.4 Å². The molecule has 0 aliphatic carbocycles. The van der Waals surface area contributed by atoms with Crippen molar-refractivity contribution < 1.29 is 0 Å². The normalized spacial score (nSPS) is 29.0. The first-order valence-electron chi connectivity index (χ1n) is 3.39. The van der Waals surface area contributed by atoms with Crippen molar-refractivity contribution in [3.05, 3.63) is 24.4 Å². The van der Waals surface area contributed by atoms with Gasteiger partial charge in [0.05, 0.1) is 5.54 Å². The van der Waals surface area contributed by atoms with Gasteiger partial charge in [0, 0.05) is 8.41 Å². The van der Waals surface area contributed by atoms with E-state index in [1.54, 1.807) is 0 Å². The number of dihydropyridines is 1. The summed E-state index contributed by atoms with van der Waals surface area (Å²) in [6.07, 6.45) is 9.40. The second-order valence-corrected chi connectivity index (χ2v) is 2.63. The van der Waals surface area contributed by atoms with Crippen LogP contribution in [0.3, 0.4) is 0 Å². The van der Waals surface area contributed by atoms with Crippen molar-refractivity contribution in [2.75, 3.05) is 0 Å². The molecule has 0 spiro atoms. The molecule has 53 valence electrons. The predicted molar refractivity (Wildman–Crippen MR) is 45.9 cm³/mol. The fourth-order valence-electron chi connectivity index (χ4n) is 0.830. The Morgan fingerprint density at radius 2 is 2.10 bits per heavy atom. The summed E-state index contributed by atoms with van der Waals surface area (Å²) in [6.45, 7) is 4.36. The van der Waals surface area contributed by atoms with Gasteiger partial charge in [0.1, 0.15) is 0 Å². The van der Waals surface area contributed by atoms with E-state index < -0.39 is 0 Å². The summed E-state index contributed by atoms with van der Waals surface area (Å²) in [6, 6.07) is 0. The topological polar surface area (TPSA) is 12.0 Å². The summed E-state index contributed by atoms with van der Waals surface area (Å²) in [5, 5.41) is 3.28. The van der Waals surface area contributed by atoms with Crippen LogP contribution in [0.25, 0.3) is 0 Å². The predicted octanol–water partition coefficient (Wildman–Crippen LogP) is 1.45. The molecule has 0 fully saturated rings. The molecule has 1 aliphatic rings. The summed E-state index contributed by atoms with van der Waals surface area (Å²) in [4.78, 5) is 0. The van der Waals surface area contributed by atoms with Crippen molar-refractivity contribution in [3.63, 3.8) is 0 Å². The van der Waals surface area contributed by atoms with Crippen LogP contribution in [0.4, 0.5) is 0 Å². The van der Waals surface area contributed by atoms with Crippen LogP contribution < -0.4 is 5.32 Å². The maximum absolute atomic E-state index is 3.28. The van der Waals surface area contributed by atoms with Gasteiger partial charge in [-0.2, -0.15) is 0 Å². The van der Waals surface area contributed by atoms with Gasteiger partial charge in [0.2, 0.25) is 0 Å². The van der Waals surface area contributed by atoms with E-state index in [1.165, 1.54) is 0 Å². The van der Waals surface area contributed by atoms with E-state index in [0.29, 0.717) is 0 Å². The zero-order chi connectivity index (χ0) is 6.74. The molecule has 1 N–H and O–H groups in total. The first-order valence-corrected chi connectivity index (χ1v) is 3.39. The number of hydrogen-bond donors (Lipinski definition) is 1. The Hall–Kier alpha value is -0.655. The average molecular weight is 134 g/mol. The Bertz CT molecular complexity index is 151. The van der Waals surface area contributed by atoms with Crippen LogP contribution in [0.1, 0.15) is 20.3 Å². The molecule has 1 aliphatic heterocycles. The highest BCUT2D eigenvalue weighted by atomic mass is 14.9. The number of rotatable bonds is 1. The summed E-state index contributed by atoms with van der Waals surface area (Å²) in [5.41, 5.74) is 0.203. The highest BCUT2D eigenvalue weighted by Gasteiger charge is 2.15. The number of hydrogen-bond acceptors (Lipinski definition) is 1. The SMILES string of the molecule is CCC1(C)C=CC=CN1.[B]. The van der Waals surface area contributed by atoms with Crippen molar-refractivity contribution in [3.8, 4) is 0 Å². The van der Waals surface area contributed by atoms with Crippen molar-refractivity contribution >= 4 is 8.41 Å². The highest BCUT2D eigenvalue weighted by molar-refractivity contribution is 5.75. The third-order valence-electron chi connectivity index (χ3n) is 1.82. The van der Waals surface area contributed by atoms with E-state index in [9.17, 15) is 0 Å². The Kier molecular flexibility index (Phi) is 3.27. The van der Waals surface area contributed by atoms with Gasteiger partial charge in [-0.3, -0.25) is 0 Å². The molecule has 1 heterocycles.